The first-order valence-electron chi connectivity index (χ1n) is 13.3. The Kier molecular flexibility index (Phi) is 8.39. The summed E-state index contributed by atoms with van der Waals surface area (Å²) in [6, 6.07) is 6.33. The molecule has 1 saturated carbocycles. The van der Waals surface area contributed by atoms with Gasteiger partial charge in [0.1, 0.15) is 17.3 Å². The number of primary amides is 1. The van der Waals surface area contributed by atoms with Crippen LogP contribution in [-0.4, -0.2) is 94.2 Å². The predicted octanol–water partition coefficient (Wildman–Crippen LogP) is 0.594. The van der Waals surface area contributed by atoms with Crippen molar-refractivity contribution >= 4 is 34.7 Å². The van der Waals surface area contributed by atoms with Gasteiger partial charge in [0.25, 0.3) is 0 Å². The monoisotopic (exact) mass is 567 g/mol. The van der Waals surface area contributed by atoms with Crippen molar-refractivity contribution < 1.29 is 34.8 Å². The summed E-state index contributed by atoms with van der Waals surface area (Å²) < 4.78 is 0. The van der Waals surface area contributed by atoms with Gasteiger partial charge in [-0.15, -0.1) is 0 Å². The third-order valence-corrected chi connectivity index (χ3v) is 8.16. The fourth-order valence-electron chi connectivity index (χ4n) is 6.13. The summed E-state index contributed by atoms with van der Waals surface area (Å²) in [6.45, 7) is -0.317. The van der Waals surface area contributed by atoms with E-state index in [9.17, 15) is 34.8 Å². The number of amides is 1. The Labute approximate surface area is 238 Å². The average Bonchev–Trinajstić information content (AvgIpc) is 2.91. The van der Waals surface area contributed by atoms with Crippen LogP contribution in [-0.2, 0) is 27.3 Å². The lowest BCUT2D eigenvalue weighted by Gasteiger charge is -2.47. The maximum absolute atomic E-state index is 14.1. The van der Waals surface area contributed by atoms with Crippen molar-refractivity contribution in [3.63, 3.8) is 0 Å². The van der Waals surface area contributed by atoms with Crippen molar-refractivity contribution in [3.05, 3.63) is 52.7 Å². The Morgan fingerprint density at radius 1 is 1.22 bits per heavy atom. The molecule has 1 aromatic heterocycles. The van der Waals surface area contributed by atoms with E-state index in [1.165, 1.54) is 0 Å². The zero-order chi connectivity index (χ0) is 30.2. The molecule has 2 aromatic rings. The highest BCUT2D eigenvalue weighted by Crippen LogP contribution is 2.51. The van der Waals surface area contributed by atoms with E-state index in [1.807, 2.05) is 25.1 Å². The van der Waals surface area contributed by atoms with Gasteiger partial charge in [0, 0.05) is 55.6 Å². The first-order valence-corrected chi connectivity index (χ1v) is 13.3. The van der Waals surface area contributed by atoms with Crippen molar-refractivity contribution in [3.8, 4) is 5.75 Å². The van der Waals surface area contributed by atoms with E-state index >= 15 is 0 Å². The number of Topliss-reactive ketones (excluding diaryl/α,β-unsaturated/α-hetero) is 2. The van der Waals surface area contributed by atoms with E-state index in [2.05, 4.69) is 10.3 Å². The maximum atomic E-state index is 14.1. The molecule has 1 fully saturated rings. The highest BCUT2D eigenvalue weighted by molar-refractivity contribution is 6.23. The number of fused-ring (bicyclic) bond motifs is 2. The molecule has 2 aliphatic rings. The zero-order valence-corrected chi connectivity index (χ0v) is 23.6. The van der Waals surface area contributed by atoms with Gasteiger partial charge in [-0.05, 0) is 56.6 Å². The Morgan fingerprint density at radius 3 is 2.49 bits per heavy atom. The van der Waals surface area contributed by atoms with Gasteiger partial charge >= 0.3 is 0 Å². The predicted molar refractivity (Wildman–Crippen MR) is 152 cm³/mol. The molecule has 1 aromatic carbocycles. The molecule has 1 heterocycles. The molecule has 4 rings (SSSR count). The van der Waals surface area contributed by atoms with E-state index in [4.69, 9.17) is 5.73 Å². The quantitative estimate of drug-likeness (QED) is 0.220. The number of nitrogens with one attached hydrogen (secondary N) is 1. The summed E-state index contributed by atoms with van der Waals surface area (Å²) in [5, 5.41) is 48.0. The molecule has 1 amide bonds. The number of hydrogen-bond donors (Lipinski definition) is 6. The number of carbonyl (C=O) groups is 3. The third-order valence-electron chi connectivity index (χ3n) is 8.16. The number of phenols is 1. The van der Waals surface area contributed by atoms with E-state index in [-0.39, 0.29) is 36.3 Å². The molecule has 0 saturated heterocycles. The van der Waals surface area contributed by atoms with Crippen LogP contribution >= 0.6 is 0 Å². The number of aliphatic hydroxyl groups excluding tert-OH is 2. The normalized spacial score (nSPS) is 22.7. The number of phenolic OH excluding ortho intramolecular Hbond substituents is 1. The molecule has 7 N–H and O–H groups in total. The Morgan fingerprint density at radius 2 is 1.93 bits per heavy atom. The summed E-state index contributed by atoms with van der Waals surface area (Å²) in [5.74, 6) is -5.11. The highest BCUT2D eigenvalue weighted by Gasteiger charge is 2.60. The van der Waals surface area contributed by atoms with Crippen molar-refractivity contribution in [1.29, 1.82) is 0 Å². The minimum absolute atomic E-state index is 0.0445. The molecule has 0 bridgehead atoms. The smallest absolute Gasteiger partial charge is 0.225 e. The summed E-state index contributed by atoms with van der Waals surface area (Å²) in [4.78, 5) is 46.6. The van der Waals surface area contributed by atoms with Gasteiger partial charge in [-0.1, -0.05) is 6.07 Å². The van der Waals surface area contributed by atoms with E-state index in [1.54, 1.807) is 43.4 Å². The SMILES string of the molecule is CN(C)c1cc(CNc2ccccn2)c(O)c2c1C[C@H]1C[C@@H]([C@H](CO)N(C)C)[C@@](O)(C(=O)CC(N)=O)C(=O)C1=C2O. The molecule has 0 aliphatic heterocycles. The number of benzene rings is 1. The summed E-state index contributed by atoms with van der Waals surface area (Å²) in [7, 11) is 6.93. The second-order valence-electron chi connectivity index (χ2n) is 11.1. The van der Waals surface area contributed by atoms with Gasteiger partial charge in [0.05, 0.1) is 18.6 Å². The summed E-state index contributed by atoms with van der Waals surface area (Å²) in [5.41, 5.74) is 4.11. The molecule has 4 atom stereocenters. The number of aliphatic hydroxyl groups is 3. The average molecular weight is 568 g/mol. The van der Waals surface area contributed by atoms with Crippen LogP contribution in [0.4, 0.5) is 11.5 Å². The molecule has 2 aliphatic carbocycles. The van der Waals surface area contributed by atoms with Gasteiger partial charge in [-0.2, -0.15) is 0 Å². The molecule has 12 heteroatoms. The first kappa shape index (κ1) is 30.0. The fraction of sp³-hybridized carbons (Fsp3) is 0.448. The third kappa shape index (κ3) is 5.25. The van der Waals surface area contributed by atoms with Crippen LogP contribution in [0.1, 0.15) is 29.5 Å². The Hall–Kier alpha value is -4.00. The number of aromatic nitrogens is 1. The number of anilines is 2. The van der Waals surface area contributed by atoms with Crippen LogP contribution in [0.5, 0.6) is 5.75 Å². The van der Waals surface area contributed by atoms with Crippen LogP contribution in [0.3, 0.4) is 0 Å². The molecular weight excluding hydrogens is 530 g/mol. The van der Waals surface area contributed by atoms with Crippen LogP contribution in [0.2, 0.25) is 0 Å². The lowest BCUT2D eigenvalue weighted by atomic mass is 9.59. The van der Waals surface area contributed by atoms with Gasteiger partial charge in [0.15, 0.2) is 11.4 Å². The number of nitrogens with zero attached hydrogens (tertiary/aromatic N) is 3. The van der Waals surface area contributed by atoms with Gasteiger partial charge in [-0.3, -0.25) is 14.4 Å². The zero-order valence-electron chi connectivity index (χ0n) is 23.6. The van der Waals surface area contributed by atoms with Crippen LogP contribution in [0.15, 0.2) is 36.0 Å². The van der Waals surface area contributed by atoms with Crippen LogP contribution < -0.4 is 16.0 Å². The maximum Gasteiger partial charge on any atom is 0.225 e. The molecule has 220 valence electrons. The molecule has 12 nitrogen and oxygen atoms in total. The largest absolute Gasteiger partial charge is 0.507 e. The Balaban J connectivity index is 1.87. The number of aromatic hydroxyl groups is 1. The number of pyridine rings is 1. The minimum Gasteiger partial charge on any atom is -0.507 e. The number of rotatable bonds is 10. The van der Waals surface area contributed by atoms with Crippen molar-refractivity contribution in [2.24, 2.45) is 17.6 Å². The number of carbonyl (C=O) groups excluding carboxylic acids is 3. The standard InChI is InChI=1S/C29H37N5O7/c1-33(2)19-11-16(13-32-23-7-5-6-8-31-23)26(38)25-17(19)9-15-10-18(20(14-35)34(3)4)29(41,21(36)12-22(30)37)28(40)24(15)27(25)39/h5-8,11,15,18,20,35,38-39,41H,9-10,12-14H2,1-4H3,(H2,30,37)(H,31,32)/t15-,18-,20-,29+/m0/s1. The van der Waals surface area contributed by atoms with Gasteiger partial charge < -0.3 is 41.3 Å². The topological polar surface area (TPSA) is 190 Å². The van der Waals surface area contributed by atoms with Crippen molar-refractivity contribution in [2.45, 2.75) is 37.5 Å². The number of ketones is 2. The van der Waals surface area contributed by atoms with Crippen molar-refractivity contribution in [2.75, 3.05) is 45.0 Å². The van der Waals surface area contributed by atoms with Crippen LogP contribution in [0, 0.1) is 11.8 Å². The van der Waals surface area contributed by atoms with E-state index in [0.29, 0.717) is 22.6 Å². The first-order chi connectivity index (χ1) is 19.3. The molecule has 0 radical (unpaired) electrons. The van der Waals surface area contributed by atoms with Gasteiger partial charge in [-0.25, -0.2) is 4.98 Å². The molecule has 41 heavy (non-hydrogen) atoms. The van der Waals surface area contributed by atoms with E-state index < -0.39 is 59.7 Å². The highest BCUT2D eigenvalue weighted by atomic mass is 16.3. The second kappa shape index (κ2) is 11.5. The van der Waals surface area contributed by atoms with E-state index in [0.717, 1.165) is 0 Å². The lowest BCUT2D eigenvalue weighted by molar-refractivity contribution is -0.163. The molecule has 0 unspecified atom stereocenters. The number of nitrogens with two attached hydrogens (primary N) is 1. The van der Waals surface area contributed by atoms with Crippen molar-refractivity contribution in [1.82, 2.24) is 9.88 Å². The molecular formula is C29H37N5O7. The lowest BCUT2D eigenvalue weighted by Crippen LogP contribution is -2.64. The molecule has 0 spiro atoms. The van der Waals surface area contributed by atoms with Crippen LogP contribution in [0.25, 0.3) is 5.76 Å². The van der Waals surface area contributed by atoms with Gasteiger partial charge in [0.2, 0.25) is 11.7 Å². The second-order valence-corrected chi connectivity index (χ2v) is 11.1. The fourth-order valence-corrected chi connectivity index (χ4v) is 6.13. The Bertz CT molecular complexity index is 1390. The number of likely N-dealkylation sites (N-methyl/N-ethyl adjacent to an activating group) is 1. The summed E-state index contributed by atoms with van der Waals surface area (Å²) >= 11 is 0. The summed E-state index contributed by atoms with van der Waals surface area (Å²) in [6.07, 6.45) is 0.999. The number of hydrogen-bond acceptors (Lipinski definition) is 11. The minimum atomic E-state index is -2.72.